The SMILES string of the molecule is COc1cc(N)cc(NC(CO)CC(C)C)c1. The fraction of sp³-hybridized carbons (Fsp3) is 0.538. The van der Waals surface area contributed by atoms with E-state index in [2.05, 4.69) is 19.2 Å². The van der Waals surface area contributed by atoms with E-state index in [1.54, 1.807) is 13.2 Å². The van der Waals surface area contributed by atoms with Crippen molar-refractivity contribution in [3.05, 3.63) is 18.2 Å². The Kier molecular flexibility index (Phi) is 5.10. The number of rotatable bonds is 6. The molecule has 0 amide bonds. The van der Waals surface area contributed by atoms with Crippen molar-refractivity contribution >= 4 is 11.4 Å². The molecule has 0 fully saturated rings. The molecule has 0 heterocycles. The summed E-state index contributed by atoms with van der Waals surface area (Å²) in [5.74, 6) is 1.25. The van der Waals surface area contributed by atoms with E-state index in [0.29, 0.717) is 17.4 Å². The lowest BCUT2D eigenvalue weighted by Crippen LogP contribution is -2.25. The second-order valence-corrected chi connectivity index (χ2v) is 4.65. The van der Waals surface area contributed by atoms with Crippen LogP contribution in [-0.4, -0.2) is 24.9 Å². The average Bonchev–Trinajstić information content (AvgIpc) is 2.26. The van der Waals surface area contributed by atoms with E-state index in [-0.39, 0.29) is 12.6 Å². The summed E-state index contributed by atoms with van der Waals surface area (Å²) in [5, 5.41) is 12.6. The summed E-state index contributed by atoms with van der Waals surface area (Å²) in [7, 11) is 1.61. The number of anilines is 2. The summed E-state index contributed by atoms with van der Waals surface area (Å²) in [5.41, 5.74) is 7.29. The topological polar surface area (TPSA) is 67.5 Å². The lowest BCUT2D eigenvalue weighted by molar-refractivity contribution is 0.259. The van der Waals surface area contributed by atoms with Gasteiger partial charge >= 0.3 is 0 Å². The van der Waals surface area contributed by atoms with Crippen LogP contribution in [0.25, 0.3) is 0 Å². The van der Waals surface area contributed by atoms with Crippen LogP contribution in [0.3, 0.4) is 0 Å². The van der Waals surface area contributed by atoms with Crippen LogP contribution >= 0.6 is 0 Å². The molecule has 1 unspecified atom stereocenters. The number of nitrogens with one attached hydrogen (secondary N) is 1. The van der Waals surface area contributed by atoms with Crippen LogP contribution < -0.4 is 15.8 Å². The van der Waals surface area contributed by atoms with E-state index in [9.17, 15) is 5.11 Å². The Morgan fingerprint density at radius 3 is 2.59 bits per heavy atom. The first-order chi connectivity index (χ1) is 8.05. The molecule has 1 rings (SSSR count). The van der Waals surface area contributed by atoms with Gasteiger partial charge in [0.1, 0.15) is 5.75 Å². The van der Waals surface area contributed by atoms with E-state index < -0.39 is 0 Å². The predicted molar refractivity (Wildman–Crippen MR) is 71.4 cm³/mol. The molecule has 0 aliphatic rings. The lowest BCUT2D eigenvalue weighted by atomic mass is 10.0. The third kappa shape index (κ3) is 4.53. The highest BCUT2D eigenvalue weighted by molar-refractivity contribution is 5.59. The molecule has 4 N–H and O–H groups in total. The maximum atomic E-state index is 9.31. The van der Waals surface area contributed by atoms with Crippen LogP contribution in [-0.2, 0) is 0 Å². The van der Waals surface area contributed by atoms with Gasteiger partial charge < -0.3 is 20.9 Å². The Morgan fingerprint density at radius 2 is 2.06 bits per heavy atom. The quantitative estimate of drug-likeness (QED) is 0.664. The third-order valence-corrected chi connectivity index (χ3v) is 2.51. The Bertz CT molecular complexity index is 353. The maximum Gasteiger partial charge on any atom is 0.122 e. The van der Waals surface area contributed by atoms with Gasteiger partial charge in [0.05, 0.1) is 13.7 Å². The highest BCUT2D eigenvalue weighted by Gasteiger charge is 2.10. The monoisotopic (exact) mass is 238 g/mol. The van der Waals surface area contributed by atoms with Gasteiger partial charge in [0, 0.05) is 29.5 Å². The normalized spacial score (nSPS) is 12.5. The number of nitrogen functional groups attached to an aromatic ring is 1. The summed E-state index contributed by atoms with van der Waals surface area (Å²) >= 11 is 0. The molecule has 0 aromatic heterocycles. The smallest absolute Gasteiger partial charge is 0.122 e. The van der Waals surface area contributed by atoms with Crippen LogP contribution in [0.2, 0.25) is 0 Å². The van der Waals surface area contributed by atoms with Gasteiger partial charge in [0.25, 0.3) is 0 Å². The number of hydrogen-bond donors (Lipinski definition) is 3. The summed E-state index contributed by atoms with van der Waals surface area (Å²) in [6, 6.07) is 5.52. The summed E-state index contributed by atoms with van der Waals surface area (Å²) < 4.78 is 5.15. The van der Waals surface area contributed by atoms with E-state index in [0.717, 1.165) is 12.1 Å². The second kappa shape index (κ2) is 6.35. The molecule has 0 saturated heterocycles. The van der Waals surface area contributed by atoms with Gasteiger partial charge in [-0.2, -0.15) is 0 Å². The minimum absolute atomic E-state index is 0.0431. The predicted octanol–water partition coefficient (Wildman–Crippen LogP) is 2.10. The minimum Gasteiger partial charge on any atom is -0.497 e. The number of aliphatic hydroxyl groups is 1. The largest absolute Gasteiger partial charge is 0.497 e. The molecule has 96 valence electrons. The Hall–Kier alpha value is -1.42. The molecule has 4 heteroatoms. The number of nitrogens with two attached hydrogens (primary N) is 1. The number of aliphatic hydroxyl groups excluding tert-OH is 1. The zero-order valence-electron chi connectivity index (χ0n) is 10.7. The van der Waals surface area contributed by atoms with Crippen LogP contribution in [0, 0.1) is 5.92 Å². The van der Waals surface area contributed by atoms with Crippen LogP contribution in [0.5, 0.6) is 5.75 Å². The summed E-state index contributed by atoms with van der Waals surface area (Å²) in [6.07, 6.45) is 0.910. The fourth-order valence-electron chi connectivity index (χ4n) is 1.81. The lowest BCUT2D eigenvalue weighted by Gasteiger charge is -2.20. The van der Waals surface area contributed by atoms with Gasteiger partial charge in [0.2, 0.25) is 0 Å². The standard InChI is InChI=1S/C13H22N2O2/c1-9(2)4-12(8-16)15-11-5-10(14)6-13(7-11)17-3/h5-7,9,12,15-16H,4,8,14H2,1-3H3. The van der Waals surface area contributed by atoms with Crippen LogP contribution in [0.4, 0.5) is 11.4 Å². The molecule has 1 aromatic rings. The van der Waals surface area contributed by atoms with Crippen molar-refractivity contribution in [2.45, 2.75) is 26.3 Å². The van der Waals surface area contributed by atoms with Crippen molar-refractivity contribution in [2.75, 3.05) is 24.8 Å². The van der Waals surface area contributed by atoms with Gasteiger partial charge in [-0.1, -0.05) is 13.8 Å². The average molecular weight is 238 g/mol. The highest BCUT2D eigenvalue weighted by atomic mass is 16.5. The molecule has 1 atom stereocenters. The maximum absolute atomic E-state index is 9.31. The molecule has 0 bridgehead atoms. The molecule has 0 aliphatic carbocycles. The molecule has 4 nitrogen and oxygen atoms in total. The minimum atomic E-state index is 0.0431. The van der Waals surface area contributed by atoms with Crippen molar-refractivity contribution in [2.24, 2.45) is 5.92 Å². The first kappa shape index (κ1) is 13.6. The van der Waals surface area contributed by atoms with Crippen LogP contribution in [0.1, 0.15) is 20.3 Å². The van der Waals surface area contributed by atoms with E-state index in [1.807, 2.05) is 12.1 Å². The van der Waals surface area contributed by atoms with Crippen molar-refractivity contribution < 1.29 is 9.84 Å². The van der Waals surface area contributed by atoms with Gasteiger partial charge in [-0.05, 0) is 18.4 Å². The van der Waals surface area contributed by atoms with E-state index in [1.165, 1.54) is 0 Å². The Morgan fingerprint density at radius 1 is 1.35 bits per heavy atom. The zero-order chi connectivity index (χ0) is 12.8. The summed E-state index contributed by atoms with van der Waals surface area (Å²) in [4.78, 5) is 0. The van der Waals surface area contributed by atoms with Crippen LogP contribution in [0.15, 0.2) is 18.2 Å². The van der Waals surface area contributed by atoms with E-state index in [4.69, 9.17) is 10.5 Å². The van der Waals surface area contributed by atoms with Gasteiger partial charge in [-0.3, -0.25) is 0 Å². The molecule has 0 radical (unpaired) electrons. The fourth-order valence-corrected chi connectivity index (χ4v) is 1.81. The zero-order valence-corrected chi connectivity index (χ0v) is 10.7. The third-order valence-electron chi connectivity index (χ3n) is 2.51. The molecule has 17 heavy (non-hydrogen) atoms. The molecule has 0 spiro atoms. The molecular formula is C13H22N2O2. The van der Waals surface area contributed by atoms with E-state index >= 15 is 0 Å². The second-order valence-electron chi connectivity index (χ2n) is 4.65. The molecule has 1 aromatic carbocycles. The number of hydrogen-bond acceptors (Lipinski definition) is 4. The number of methoxy groups -OCH3 is 1. The van der Waals surface area contributed by atoms with Gasteiger partial charge in [-0.15, -0.1) is 0 Å². The van der Waals surface area contributed by atoms with Gasteiger partial charge in [0.15, 0.2) is 0 Å². The number of ether oxygens (including phenoxy) is 1. The van der Waals surface area contributed by atoms with Crippen molar-refractivity contribution in [1.82, 2.24) is 0 Å². The van der Waals surface area contributed by atoms with Gasteiger partial charge in [-0.25, -0.2) is 0 Å². The Balaban J connectivity index is 2.74. The number of benzene rings is 1. The van der Waals surface area contributed by atoms with Crippen molar-refractivity contribution in [3.63, 3.8) is 0 Å². The Labute approximate surface area is 103 Å². The highest BCUT2D eigenvalue weighted by Crippen LogP contribution is 2.23. The summed E-state index contributed by atoms with van der Waals surface area (Å²) in [6.45, 7) is 4.36. The first-order valence-electron chi connectivity index (χ1n) is 5.87. The molecular weight excluding hydrogens is 216 g/mol. The van der Waals surface area contributed by atoms with Crippen molar-refractivity contribution in [3.8, 4) is 5.75 Å². The molecule has 0 aliphatic heterocycles. The molecule has 0 saturated carbocycles. The first-order valence-corrected chi connectivity index (χ1v) is 5.87. The van der Waals surface area contributed by atoms with Crippen molar-refractivity contribution in [1.29, 1.82) is 0 Å².